The lowest BCUT2D eigenvalue weighted by molar-refractivity contribution is -0.125. The predicted octanol–water partition coefficient (Wildman–Crippen LogP) is 4.84. The molecule has 0 spiro atoms. The molecule has 2 aromatic carbocycles. The van der Waals surface area contributed by atoms with Crippen LogP contribution in [0, 0.1) is 0 Å². The standard InChI is InChI=1S/C27H33NO6/c1-6-33-22-10-8-19(16-23(22)34-7-2)9-11-26(29)28-14-12-20(13-15-28)27-24(31-4)17-21(30-3)18-25(27)32-5/h8-12,16-18H,6-7,13-15H2,1-5H3/b11-9+. The average molecular weight is 468 g/mol. The van der Waals surface area contributed by atoms with Gasteiger partial charge < -0.3 is 28.6 Å². The van der Waals surface area contributed by atoms with Gasteiger partial charge in [0, 0.05) is 31.3 Å². The highest BCUT2D eigenvalue weighted by Crippen LogP contribution is 2.40. The Morgan fingerprint density at radius 1 is 0.912 bits per heavy atom. The molecule has 0 aliphatic carbocycles. The molecule has 2 aromatic rings. The van der Waals surface area contributed by atoms with E-state index in [4.69, 9.17) is 23.7 Å². The fourth-order valence-electron chi connectivity index (χ4n) is 3.86. The summed E-state index contributed by atoms with van der Waals surface area (Å²) in [6, 6.07) is 9.34. The first-order valence-electron chi connectivity index (χ1n) is 11.4. The highest BCUT2D eigenvalue weighted by molar-refractivity contribution is 5.92. The van der Waals surface area contributed by atoms with Crippen LogP contribution < -0.4 is 23.7 Å². The second-order valence-corrected chi connectivity index (χ2v) is 7.58. The zero-order valence-electron chi connectivity index (χ0n) is 20.6. The quantitative estimate of drug-likeness (QED) is 0.466. The molecule has 1 heterocycles. The van der Waals surface area contributed by atoms with Crippen LogP contribution in [0.2, 0.25) is 0 Å². The zero-order chi connectivity index (χ0) is 24.5. The Morgan fingerprint density at radius 3 is 2.15 bits per heavy atom. The number of hydrogen-bond acceptors (Lipinski definition) is 6. The third-order valence-electron chi connectivity index (χ3n) is 5.54. The summed E-state index contributed by atoms with van der Waals surface area (Å²) in [5.74, 6) is 3.36. The maximum absolute atomic E-state index is 12.8. The largest absolute Gasteiger partial charge is 0.496 e. The van der Waals surface area contributed by atoms with E-state index in [1.165, 1.54) is 0 Å². The van der Waals surface area contributed by atoms with Gasteiger partial charge in [0.1, 0.15) is 17.2 Å². The summed E-state index contributed by atoms with van der Waals surface area (Å²) in [7, 11) is 4.86. The first-order chi connectivity index (χ1) is 16.5. The lowest BCUT2D eigenvalue weighted by Gasteiger charge is -2.27. The summed E-state index contributed by atoms with van der Waals surface area (Å²) in [6.45, 7) is 6.06. The molecule has 0 unspecified atom stereocenters. The van der Waals surface area contributed by atoms with E-state index in [1.54, 1.807) is 38.4 Å². The molecule has 0 N–H and O–H groups in total. The monoisotopic (exact) mass is 467 g/mol. The van der Waals surface area contributed by atoms with Crippen LogP contribution in [0.4, 0.5) is 0 Å². The highest BCUT2D eigenvalue weighted by atomic mass is 16.5. The van der Waals surface area contributed by atoms with Crippen molar-refractivity contribution < 1.29 is 28.5 Å². The molecule has 0 fully saturated rings. The minimum atomic E-state index is -0.0456. The number of methoxy groups -OCH3 is 3. The molecule has 7 heteroatoms. The number of hydrogen-bond donors (Lipinski definition) is 0. The fraction of sp³-hybridized carbons (Fsp3) is 0.370. The van der Waals surface area contributed by atoms with E-state index >= 15 is 0 Å². The van der Waals surface area contributed by atoms with Gasteiger partial charge >= 0.3 is 0 Å². The molecule has 0 atom stereocenters. The number of carbonyl (C=O) groups excluding carboxylic acids is 1. The Kier molecular flexibility index (Phi) is 8.85. The minimum absolute atomic E-state index is 0.0456. The fourth-order valence-corrected chi connectivity index (χ4v) is 3.86. The topological polar surface area (TPSA) is 66.5 Å². The van der Waals surface area contributed by atoms with Crippen LogP contribution in [-0.4, -0.2) is 58.4 Å². The highest BCUT2D eigenvalue weighted by Gasteiger charge is 2.22. The van der Waals surface area contributed by atoms with E-state index < -0.39 is 0 Å². The van der Waals surface area contributed by atoms with Crippen molar-refractivity contribution in [3.8, 4) is 28.7 Å². The van der Waals surface area contributed by atoms with Crippen molar-refractivity contribution in [3.05, 3.63) is 53.6 Å². The smallest absolute Gasteiger partial charge is 0.246 e. The Bertz CT molecular complexity index is 1030. The van der Waals surface area contributed by atoms with Gasteiger partial charge in [-0.05, 0) is 49.6 Å². The summed E-state index contributed by atoms with van der Waals surface area (Å²) < 4.78 is 27.8. The Hall–Kier alpha value is -3.61. The molecular weight excluding hydrogens is 434 g/mol. The van der Waals surface area contributed by atoms with Crippen molar-refractivity contribution in [1.82, 2.24) is 4.90 Å². The summed E-state index contributed by atoms with van der Waals surface area (Å²) in [6.07, 6.45) is 6.14. The molecule has 182 valence electrons. The van der Waals surface area contributed by atoms with E-state index in [0.717, 1.165) is 16.7 Å². The molecule has 0 aromatic heterocycles. The lowest BCUT2D eigenvalue weighted by Crippen LogP contribution is -2.33. The number of ether oxygens (including phenoxy) is 5. The normalized spacial score (nSPS) is 13.4. The summed E-state index contributed by atoms with van der Waals surface area (Å²) in [4.78, 5) is 14.6. The number of carbonyl (C=O) groups is 1. The van der Waals surface area contributed by atoms with Gasteiger partial charge in [0.25, 0.3) is 0 Å². The van der Waals surface area contributed by atoms with E-state index in [9.17, 15) is 4.79 Å². The van der Waals surface area contributed by atoms with Crippen molar-refractivity contribution in [2.75, 3.05) is 47.6 Å². The third-order valence-corrected chi connectivity index (χ3v) is 5.54. The van der Waals surface area contributed by atoms with E-state index in [1.807, 2.05) is 50.3 Å². The maximum Gasteiger partial charge on any atom is 0.246 e. The molecule has 1 amide bonds. The first-order valence-corrected chi connectivity index (χ1v) is 11.4. The maximum atomic E-state index is 12.8. The van der Waals surface area contributed by atoms with Gasteiger partial charge in [-0.15, -0.1) is 0 Å². The molecule has 34 heavy (non-hydrogen) atoms. The van der Waals surface area contributed by atoms with Crippen LogP contribution in [-0.2, 0) is 4.79 Å². The molecule has 3 rings (SSSR count). The number of rotatable bonds is 10. The molecule has 1 aliphatic rings. The average Bonchev–Trinajstić information content (AvgIpc) is 2.88. The van der Waals surface area contributed by atoms with Crippen LogP contribution in [0.3, 0.4) is 0 Å². The van der Waals surface area contributed by atoms with Crippen molar-refractivity contribution in [1.29, 1.82) is 0 Å². The van der Waals surface area contributed by atoms with Gasteiger partial charge in [-0.2, -0.15) is 0 Å². The van der Waals surface area contributed by atoms with Gasteiger partial charge in [0.05, 0.1) is 40.1 Å². The minimum Gasteiger partial charge on any atom is -0.496 e. The SMILES string of the molecule is CCOc1ccc(/C=C/C(=O)N2CC=C(c3c(OC)cc(OC)cc3OC)CC2)cc1OCC. The molecule has 0 saturated heterocycles. The van der Waals surface area contributed by atoms with Crippen molar-refractivity contribution >= 4 is 17.6 Å². The van der Waals surface area contributed by atoms with Crippen LogP contribution in [0.15, 0.2) is 42.5 Å². The molecule has 1 aliphatic heterocycles. The van der Waals surface area contributed by atoms with Crippen LogP contribution in [0.25, 0.3) is 11.6 Å². The molecule has 7 nitrogen and oxygen atoms in total. The van der Waals surface area contributed by atoms with E-state index in [0.29, 0.717) is 61.5 Å². The molecule has 0 bridgehead atoms. The van der Waals surface area contributed by atoms with E-state index in [2.05, 4.69) is 0 Å². The van der Waals surface area contributed by atoms with Crippen molar-refractivity contribution in [3.63, 3.8) is 0 Å². The van der Waals surface area contributed by atoms with Crippen LogP contribution in [0.1, 0.15) is 31.4 Å². The number of benzene rings is 2. The predicted molar refractivity (Wildman–Crippen MR) is 133 cm³/mol. The van der Waals surface area contributed by atoms with Gasteiger partial charge in [-0.1, -0.05) is 12.1 Å². The Balaban J connectivity index is 1.73. The van der Waals surface area contributed by atoms with E-state index in [-0.39, 0.29) is 5.91 Å². The first kappa shape index (κ1) is 25.0. The Labute approximate surface area is 201 Å². The van der Waals surface area contributed by atoms with Crippen molar-refractivity contribution in [2.45, 2.75) is 20.3 Å². The molecular formula is C27H33NO6. The number of nitrogens with zero attached hydrogens (tertiary/aromatic N) is 1. The second kappa shape index (κ2) is 12.0. The summed E-state index contributed by atoms with van der Waals surface area (Å²) in [5.41, 5.74) is 2.85. The van der Waals surface area contributed by atoms with Gasteiger partial charge in [0.15, 0.2) is 11.5 Å². The lowest BCUT2D eigenvalue weighted by atomic mass is 9.97. The molecule has 0 radical (unpaired) electrons. The van der Waals surface area contributed by atoms with Gasteiger partial charge in [-0.25, -0.2) is 0 Å². The summed E-state index contributed by atoms with van der Waals surface area (Å²) in [5, 5.41) is 0. The molecule has 0 saturated carbocycles. The summed E-state index contributed by atoms with van der Waals surface area (Å²) >= 11 is 0. The van der Waals surface area contributed by atoms with Gasteiger partial charge in [-0.3, -0.25) is 4.79 Å². The zero-order valence-corrected chi connectivity index (χ0v) is 20.6. The van der Waals surface area contributed by atoms with Crippen LogP contribution >= 0.6 is 0 Å². The number of amides is 1. The Morgan fingerprint density at radius 2 is 1.59 bits per heavy atom. The third kappa shape index (κ3) is 5.84. The van der Waals surface area contributed by atoms with Crippen LogP contribution in [0.5, 0.6) is 28.7 Å². The van der Waals surface area contributed by atoms with Crippen molar-refractivity contribution in [2.24, 2.45) is 0 Å². The second-order valence-electron chi connectivity index (χ2n) is 7.58. The van der Waals surface area contributed by atoms with Gasteiger partial charge in [0.2, 0.25) is 5.91 Å².